The topological polar surface area (TPSA) is 59.3 Å². The lowest BCUT2D eigenvalue weighted by Gasteiger charge is -2.11. The molecule has 0 radical (unpaired) electrons. The molecular weight excluding hydrogens is 254 g/mol. The molecule has 0 bridgehead atoms. The van der Waals surface area contributed by atoms with Gasteiger partial charge in [-0.3, -0.25) is 4.79 Å². The zero-order valence-corrected chi connectivity index (χ0v) is 11.4. The quantitative estimate of drug-likeness (QED) is 0.909. The Kier molecular flexibility index (Phi) is 4.35. The number of carbonyl (C=O) groups is 1. The molecule has 1 N–H and O–H groups in total. The van der Waals surface area contributed by atoms with Gasteiger partial charge in [0.1, 0.15) is 5.56 Å². The van der Waals surface area contributed by atoms with E-state index in [1.54, 1.807) is 0 Å². The number of hydrogen-bond donors (Lipinski definition) is 1. The molecule has 0 atom stereocenters. The smallest absolute Gasteiger partial charge is 0.341 e. The summed E-state index contributed by atoms with van der Waals surface area (Å²) in [6, 6.07) is 11.5. The van der Waals surface area contributed by atoms with Crippen molar-refractivity contribution in [2.45, 2.75) is 26.3 Å². The summed E-state index contributed by atoms with van der Waals surface area (Å²) < 4.78 is 1.83. The number of aromatic carboxylic acids is 1. The van der Waals surface area contributed by atoms with Crippen molar-refractivity contribution in [1.29, 1.82) is 0 Å². The number of carboxylic acids is 1. The van der Waals surface area contributed by atoms with Gasteiger partial charge in [-0.1, -0.05) is 30.3 Å². The molecule has 2 rings (SSSR count). The average molecular weight is 271 g/mol. The maximum atomic E-state index is 11.5. The third-order valence-electron chi connectivity index (χ3n) is 3.28. The van der Waals surface area contributed by atoms with Gasteiger partial charge >= 0.3 is 5.97 Å². The number of aromatic nitrogens is 1. The molecule has 2 aromatic rings. The first kappa shape index (κ1) is 14.1. The van der Waals surface area contributed by atoms with E-state index in [0.717, 1.165) is 18.5 Å². The molecule has 1 aromatic heterocycles. The van der Waals surface area contributed by atoms with E-state index in [2.05, 4.69) is 12.1 Å². The van der Waals surface area contributed by atoms with Gasteiger partial charge in [-0.25, -0.2) is 4.79 Å². The Morgan fingerprint density at radius 1 is 1.25 bits per heavy atom. The van der Waals surface area contributed by atoms with Crippen LogP contribution in [0.15, 0.2) is 47.4 Å². The van der Waals surface area contributed by atoms with E-state index in [9.17, 15) is 9.59 Å². The number of benzene rings is 1. The number of hydrogen-bond acceptors (Lipinski definition) is 2. The van der Waals surface area contributed by atoms with Crippen LogP contribution in [0.4, 0.5) is 0 Å². The number of aryl methyl sites for hydroxylation is 3. The van der Waals surface area contributed by atoms with Crippen LogP contribution in [0, 0.1) is 6.92 Å². The Balaban J connectivity index is 2.08. The Hall–Kier alpha value is -2.36. The monoisotopic (exact) mass is 271 g/mol. The molecule has 0 saturated carbocycles. The third-order valence-corrected chi connectivity index (χ3v) is 3.28. The summed E-state index contributed by atoms with van der Waals surface area (Å²) in [7, 11) is 0. The Labute approximate surface area is 117 Å². The predicted octanol–water partition coefficient (Wildman–Crippen LogP) is 2.49. The fourth-order valence-electron chi connectivity index (χ4n) is 2.17. The lowest BCUT2D eigenvalue weighted by molar-refractivity contribution is 0.0694. The summed E-state index contributed by atoms with van der Waals surface area (Å²) in [5.74, 6) is -1.17. The first-order chi connectivity index (χ1) is 9.58. The average Bonchev–Trinajstić information content (AvgIpc) is 2.42. The molecule has 0 saturated heterocycles. The second kappa shape index (κ2) is 6.19. The minimum Gasteiger partial charge on any atom is -0.477 e. The molecule has 104 valence electrons. The second-order valence-electron chi connectivity index (χ2n) is 4.78. The van der Waals surface area contributed by atoms with Crippen LogP contribution < -0.4 is 5.43 Å². The number of pyridine rings is 1. The number of carboxylic acid groups (broad SMARTS) is 1. The van der Waals surface area contributed by atoms with Crippen LogP contribution in [0.1, 0.15) is 28.0 Å². The molecule has 0 aliphatic rings. The van der Waals surface area contributed by atoms with Gasteiger partial charge in [0.2, 0.25) is 0 Å². The van der Waals surface area contributed by atoms with Crippen LogP contribution in [-0.4, -0.2) is 15.6 Å². The zero-order valence-electron chi connectivity index (χ0n) is 11.4. The molecule has 0 amide bonds. The predicted molar refractivity (Wildman–Crippen MR) is 77.2 cm³/mol. The maximum absolute atomic E-state index is 11.5. The highest BCUT2D eigenvalue weighted by atomic mass is 16.4. The molecule has 4 nitrogen and oxygen atoms in total. The van der Waals surface area contributed by atoms with Gasteiger partial charge < -0.3 is 9.67 Å². The highest BCUT2D eigenvalue weighted by Crippen LogP contribution is 2.06. The van der Waals surface area contributed by atoms with Crippen LogP contribution in [-0.2, 0) is 13.0 Å². The molecule has 4 heteroatoms. The summed E-state index contributed by atoms with van der Waals surface area (Å²) >= 11 is 0. The van der Waals surface area contributed by atoms with Crippen molar-refractivity contribution in [2.24, 2.45) is 0 Å². The van der Waals surface area contributed by atoms with Crippen molar-refractivity contribution in [1.82, 2.24) is 4.57 Å². The van der Waals surface area contributed by atoms with Gasteiger partial charge in [0.25, 0.3) is 0 Å². The molecule has 0 aliphatic heterocycles. The van der Waals surface area contributed by atoms with Crippen molar-refractivity contribution in [3.63, 3.8) is 0 Å². The van der Waals surface area contributed by atoms with E-state index in [1.807, 2.05) is 29.7 Å². The molecule has 0 aliphatic carbocycles. The van der Waals surface area contributed by atoms with Crippen molar-refractivity contribution >= 4 is 5.97 Å². The molecule has 20 heavy (non-hydrogen) atoms. The molecule has 1 heterocycles. The fourth-order valence-corrected chi connectivity index (χ4v) is 2.17. The van der Waals surface area contributed by atoms with E-state index in [1.165, 1.54) is 17.8 Å². The van der Waals surface area contributed by atoms with Crippen molar-refractivity contribution < 1.29 is 9.90 Å². The summed E-state index contributed by atoms with van der Waals surface area (Å²) in [5, 5.41) is 8.97. The summed E-state index contributed by atoms with van der Waals surface area (Å²) in [5.41, 5.74) is 1.43. The lowest BCUT2D eigenvalue weighted by Crippen LogP contribution is -2.19. The molecular formula is C16H17NO3. The van der Waals surface area contributed by atoms with E-state index in [-0.39, 0.29) is 5.56 Å². The van der Waals surface area contributed by atoms with Crippen molar-refractivity contribution in [3.05, 3.63) is 69.6 Å². The van der Waals surface area contributed by atoms with Crippen LogP contribution in [0.25, 0.3) is 0 Å². The summed E-state index contributed by atoms with van der Waals surface area (Å²) in [6.45, 7) is 2.51. The molecule has 0 unspecified atom stereocenters. The standard InChI is InChI=1S/C16H17NO3/c1-12-10-15(18)14(16(19)20)11-17(12)9-5-8-13-6-3-2-4-7-13/h2-4,6-7,10-11H,5,8-9H2,1H3,(H,19,20). The maximum Gasteiger partial charge on any atom is 0.341 e. The van der Waals surface area contributed by atoms with Crippen LogP contribution >= 0.6 is 0 Å². The van der Waals surface area contributed by atoms with E-state index in [4.69, 9.17) is 5.11 Å². The second-order valence-corrected chi connectivity index (χ2v) is 4.78. The number of rotatable bonds is 5. The Morgan fingerprint density at radius 2 is 1.95 bits per heavy atom. The highest BCUT2D eigenvalue weighted by molar-refractivity contribution is 5.87. The van der Waals surface area contributed by atoms with E-state index in [0.29, 0.717) is 6.54 Å². The first-order valence-electron chi connectivity index (χ1n) is 6.56. The third kappa shape index (κ3) is 3.35. The van der Waals surface area contributed by atoms with Gasteiger partial charge in [0, 0.05) is 24.5 Å². The van der Waals surface area contributed by atoms with Crippen LogP contribution in [0.3, 0.4) is 0 Å². The minimum atomic E-state index is -1.17. The largest absolute Gasteiger partial charge is 0.477 e. The Bertz CT molecular complexity index is 659. The highest BCUT2D eigenvalue weighted by Gasteiger charge is 2.10. The normalized spacial score (nSPS) is 10.4. The number of nitrogens with zero attached hydrogens (tertiary/aromatic N) is 1. The van der Waals surface area contributed by atoms with E-state index >= 15 is 0 Å². The summed E-state index contributed by atoms with van der Waals surface area (Å²) in [6.07, 6.45) is 3.26. The fraction of sp³-hybridized carbons (Fsp3) is 0.250. The Morgan fingerprint density at radius 3 is 2.60 bits per heavy atom. The van der Waals surface area contributed by atoms with Gasteiger partial charge in [0.15, 0.2) is 5.43 Å². The molecule has 0 spiro atoms. The van der Waals surface area contributed by atoms with Crippen LogP contribution in [0.2, 0.25) is 0 Å². The summed E-state index contributed by atoms with van der Waals surface area (Å²) in [4.78, 5) is 22.5. The SMILES string of the molecule is Cc1cc(=O)c(C(=O)O)cn1CCCc1ccccc1. The zero-order chi connectivity index (χ0) is 14.5. The minimum absolute atomic E-state index is 0.171. The lowest BCUT2D eigenvalue weighted by atomic mass is 10.1. The van der Waals surface area contributed by atoms with Gasteiger partial charge in [0.05, 0.1) is 0 Å². The molecule has 0 fully saturated rings. The first-order valence-corrected chi connectivity index (χ1v) is 6.56. The van der Waals surface area contributed by atoms with Crippen molar-refractivity contribution in [2.75, 3.05) is 0 Å². The van der Waals surface area contributed by atoms with Crippen molar-refractivity contribution in [3.8, 4) is 0 Å². The van der Waals surface area contributed by atoms with Crippen LogP contribution in [0.5, 0.6) is 0 Å². The van der Waals surface area contributed by atoms with E-state index < -0.39 is 11.4 Å². The van der Waals surface area contributed by atoms with Gasteiger partial charge in [-0.05, 0) is 25.3 Å². The van der Waals surface area contributed by atoms with Gasteiger partial charge in [-0.15, -0.1) is 0 Å². The van der Waals surface area contributed by atoms with Gasteiger partial charge in [-0.2, -0.15) is 0 Å². The molecule has 1 aromatic carbocycles.